The minimum absolute atomic E-state index is 0.299. The third-order valence-electron chi connectivity index (χ3n) is 1.04. The van der Waals surface area contributed by atoms with Crippen molar-refractivity contribution in [2.45, 2.75) is 6.92 Å². The highest BCUT2D eigenvalue weighted by Crippen LogP contribution is 1.87. The van der Waals surface area contributed by atoms with Crippen LogP contribution in [0.3, 0.4) is 0 Å². The highest BCUT2D eigenvalue weighted by atomic mass is 16.5. The van der Waals surface area contributed by atoms with Crippen molar-refractivity contribution in [2.24, 2.45) is 0 Å². The topological polar surface area (TPSA) is 45.1 Å². The van der Waals surface area contributed by atoms with Crippen LogP contribution >= 0.6 is 0 Å². The zero-order valence-corrected chi connectivity index (χ0v) is 5.00. The van der Waals surface area contributed by atoms with Gasteiger partial charge in [0.2, 0.25) is 5.56 Å². The molecule has 48 valence electrons. The molecule has 0 unspecified atom stereocenters. The molecule has 0 radical (unpaired) electrons. The molecule has 0 aliphatic carbocycles. The van der Waals surface area contributed by atoms with Crippen LogP contribution in [0, 0.1) is 12.1 Å². The predicted molar refractivity (Wildman–Crippen MR) is 34.2 cm³/mol. The summed E-state index contributed by atoms with van der Waals surface area (Å²) in [6.45, 7) is 1.77. The van der Waals surface area contributed by atoms with Crippen LogP contribution in [0.2, 0.25) is 0 Å². The molecule has 0 aliphatic heterocycles. The average molecular weight is 124 g/mol. The van der Waals surface area contributed by atoms with E-state index in [4.69, 9.17) is 0 Å². The maximum atomic E-state index is 10.5. The van der Waals surface area contributed by atoms with Gasteiger partial charge in [-0.2, -0.15) is 0 Å². The van der Waals surface area contributed by atoms with E-state index in [1.54, 1.807) is 13.0 Å². The molecular formula is C6H6NO2-. The summed E-state index contributed by atoms with van der Waals surface area (Å²) in [6, 6.07) is 2.89. The van der Waals surface area contributed by atoms with E-state index >= 15 is 0 Å². The predicted octanol–water partition coefficient (Wildman–Crippen LogP) is 0.503. The lowest BCUT2D eigenvalue weighted by Gasteiger charge is -2.06. The van der Waals surface area contributed by atoms with E-state index in [-0.39, 0.29) is 0 Å². The smallest absolute Gasteiger partial charge is 0.246 e. The van der Waals surface area contributed by atoms with Gasteiger partial charge in [-0.25, -0.2) is 0 Å². The van der Waals surface area contributed by atoms with E-state index in [0.717, 1.165) is 5.56 Å². The molecule has 3 nitrogen and oxygen atoms in total. The number of nitrogens with zero attached hydrogens (tertiary/aromatic N) is 1. The number of aromatic nitrogens is 1. The fraction of sp³-hybridized carbons (Fsp3) is 0.167. The van der Waals surface area contributed by atoms with E-state index in [1.165, 1.54) is 12.3 Å². The molecule has 3 heteroatoms. The van der Waals surface area contributed by atoms with Crippen LogP contribution in [-0.2, 0) is 0 Å². The molecule has 1 heterocycles. The number of rotatable bonds is 0. The maximum absolute atomic E-state index is 10.5. The first-order valence-corrected chi connectivity index (χ1v) is 2.57. The van der Waals surface area contributed by atoms with Gasteiger partial charge in [-0.05, 0) is 18.6 Å². The van der Waals surface area contributed by atoms with E-state index in [0.29, 0.717) is 4.73 Å². The Morgan fingerprint density at radius 2 is 2.33 bits per heavy atom. The van der Waals surface area contributed by atoms with Crippen molar-refractivity contribution in [3.8, 4) is 0 Å². The second-order valence-electron chi connectivity index (χ2n) is 1.87. The molecule has 0 amide bonds. The van der Waals surface area contributed by atoms with E-state index in [1.807, 2.05) is 0 Å². The molecule has 0 aliphatic rings. The summed E-state index contributed by atoms with van der Waals surface area (Å²) >= 11 is 0. The maximum Gasteiger partial charge on any atom is 0.246 e. The SMILES string of the molecule is Cc1ccn([O-])c(=O)c1. The lowest BCUT2D eigenvalue weighted by molar-refractivity contribution is 0.995. The molecule has 0 fully saturated rings. The first kappa shape index (κ1) is 5.88. The fourth-order valence-corrected chi connectivity index (χ4v) is 0.565. The number of pyridine rings is 1. The van der Waals surface area contributed by atoms with Gasteiger partial charge in [0.1, 0.15) is 0 Å². The van der Waals surface area contributed by atoms with Gasteiger partial charge in [-0.3, -0.25) is 4.79 Å². The van der Waals surface area contributed by atoms with Gasteiger partial charge in [0.05, 0.1) is 0 Å². The van der Waals surface area contributed by atoms with Gasteiger partial charge in [0.15, 0.2) is 0 Å². The standard InChI is InChI=1S/C6H6NO2/c1-5-2-3-7(9)6(8)4-5/h2-4H,1H3/q-1. The monoisotopic (exact) mass is 124 g/mol. The van der Waals surface area contributed by atoms with Gasteiger partial charge < -0.3 is 9.94 Å². The van der Waals surface area contributed by atoms with Gasteiger partial charge in [-0.15, -0.1) is 0 Å². The van der Waals surface area contributed by atoms with Crippen molar-refractivity contribution in [1.29, 1.82) is 0 Å². The summed E-state index contributed by atoms with van der Waals surface area (Å²) in [5.74, 6) is 0. The Hall–Kier alpha value is -1.25. The summed E-state index contributed by atoms with van der Waals surface area (Å²) in [5.41, 5.74) is 0.308. The van der Waals surface area contributed by atoms with E-state index in [9.17, 15) is 10.0 Å². The Morgan fingerprint density at radius 3 is 2.78 bits per heavy atom. The fourth-order valence-electron chi connectivity index (χ4n) is 0.565. The van der Waals surface area contributed by atoms with Gasteiger partial charge in [-0.1, -0.05) is 0 Å². The van der Waals surface area contributed by atoms with Crippen molar-refractivity contribution in [2.75, 3.05) is 0 Å². The van der Waals surface area contributed by atoms with Crippen molar-refractivity contribution in [3.05, 3.63) is 39.5 Å². The van der Waals surface area contributed by atoms with Gasteiger partial charge in [0.25, 0.3) is 0 Å². The number of hydrogen-bond donors (Lipinski definition) is 0. The van der Waals surface area contributed by atoms with Crippen LogP contribution in [0.25, 0.3) is 0 Å². The zero-order valence-electron chi connectivity index (χ0n) is 5.00. The highest BCUT2D eigenvalue weighted by Gasteiger charge is 1.83. The zero-order chi connectivity index (χ0) is 6.85. The van der Waals surface area contributed by atoms with Crippen LogP contribution in [0.4, 0.5) is 0 Å². The number of aryl methyl sites for hydroxylation is 1. The van der Waals surface area contributed by atoms with Crippen molar-refractivity contribution in [1.82, 2.24) is 4.73 Å². The van der Waals surface area contributed by atoms with Crippen LogP contribution < -0.4 is 5.56 Å². The first-order chi connectivity index (χ1) is 4.20. The quantitative estimate of drug-likeness (QED) is 0.505. The average Bonchev–Trinajstić information content (AvgIpc) is 1.80. The Bertz CT molecular complexity index is 264. The second kappa shape index (κ2) is 1.93. The van der Waals surface area contributed by atoms with E-state index in [2.05, 4.69) is 0 Å². The minimum Gasteiger partial charge on any atom is -0.803 e. The molecule has 0 saturated carbocycles. The molecule has 0 atom stereocenters. The molecule has 1 aromatic rings. The third kappa shape index (κ3) is 1.10. The molecule has 0 spiro atoms. The summed E-state index contributed by atoms with van der Waals surface area (Å²) in [6.07, 6.45) is 1.21. The molecule has 0 saturated heterocycles. The van der Waals surface area contributed by atoms with Crippen LogP contribution in [0.15, 0.2) is 23.1 Å². The molecule has 1 aromatic heterocycles. The molecule has 0 N–H and O–H groups in total. The van der Waals surface area contributed by atoms with Gasteiger partial charge in [0, 0.05) is 12.3 Å². The molecule has 1 rings (SSSR count). The Labute approximate surface area is 52.1 Å². The first-order valence-electron chi connectivity index (χ1n) is 2.57. The second-order valence-corrected chi connectivity index (χ2v) is 1.87. The third-order valence-corrected chi connectivity index (χ3v) is 1.04. The van der Waals surface area contributed by atoms with Crippen LogP contribution in [0.5, 0.6) is 0 Å². The van der Waals surface area contributed by atoms with Crippen molar-refractivity contribution < 1.29 is 0 Å². The highest BCUT2D eigenvalue weighted by molar-refractivity contribution is 5.08. The van der Waals surface area contributed by atoms with Crippen LogP contribution in [-0.4, -0.2) is 4.73 Å². The minimum atomic E-state index is -0.505. The van der Waals surface area contributed by atoms with Crippen molar-refractivity contribution >= 4 is 0 Å². The van der Waals surface area contributed by atoms with Crippen molar-refractivity contribution in [3.63, 3.8) is 0 Å². The number of hydrogen-bond acceptors (Lipinski definition) is 2. The molecule has 9 heavy (non-hydrogen) atoms. The van der Waals surface area contributed by atoms with Crippen LogP contribution in [0.1, 0.15) is 5.56 Å². The summed E-state index contributed by atoms with van der Waals surface area (Å²) in [7, 11) is 0. The normalized spacial score (nSPS) is 9.44. The molecule has 0 aromatic carbocycles. The Morgan fingerprint density at radius 1 is 1.67 bits per heavy atom. The molecule has 0 bridgehead atoms. The largest absolute Gasteiger partial charge is 0.803 e. The summed E-state index contributed by atoms with van der Waals surface area (Å²) in [4.78, 5) is 10.5. The summed E-state index contributed by atoms with van der Waals surface area (Å²) < 4.78 is 0.299. The van der Waals surface area contributed by atoms with Gasteiger partial charge >= 0.3 is 0 Å². The summed E-state index contributed by atoms with van der Waals surface area (Å²) in [5, 5.41) is 10.4. The molecular weight excluding hydrogens is 118 g/mol. The lowest BCUT2D eigenvalue weighted by atomic mass is 10.3. The Kier molecular flexibility index (Phi) is 1.26. The Balaban J connectivity index is 3.34. The van der Waals surface area contributed by atoms with E-state index < -0.39 is 5.56 Å². The lowest BCUT2D eigenvalue weighted by Crippen LogP contribution is -2.12.